The van der Waals surface area contributed by atoms with Crippen LogP contribution in [0.1, 0.15) is 110 Å². The number of esters is 1. The lowest BCUT2D eigenvalue weighted by Crippen LogP contribution is -2.49. The lowest BCUT2D eigenvalue weighted by molar-refractivity contribution is -0.158. The Hall–Kier alpha value is -4.23. The van der Waals surface area contributed by atoms with Gasteiger partial charge in [-0.3, -0.25) is 23.9 Å². The topological polar surface area (TPSA) is 171 Å². The van der Waals surface area contributed by atoms with E-state index in [0.717, 1.165) is 23.5 Å². The van der Waals surface area contributed by atoms with Crippen LogP contribution in [0, 0.1) is 40.4 Å². The van der Waals surface area contributed by atoms with E-state index in [-0.39, 0.29) is 54.3 Å². The van der Waals surface area contributed by atoms with Crippen molar-refractivity contribution >= 4 is 44.6 Å². The maximum Gasteiger partial charge on any atom is 0.387 e. The van der Waals surface area contributed by atoms with Gasteiger partial charge >= 0.3 is 12.6 Å². The highest BCUT2D eigenvalue weighted by atomic mass is 32.2. The first kappa shape index (κ1) is 45.3. The second kappa shape index (κ2) is 16.0. The predicted octanol–water partition coefficient (Wildman–Crippen LogP) is 7.09. The van der Waals surface area contributed by atoms with Gasteiger partial charge in [0.05, 0.1) is 46.1 Å². The molecule has 63 heavy (non-hydrogen) atoms. The molecule has 2 aromatic rings. The van der Waals surface area contributed by atoms with E-state index in [9.17, 15) is 45.2 Å². The van der Waals surface area contributed by atoms with E-state index in [1.807, 2.05) is 4.72 Å². The average molecular weight is 915 g/mol. The molecular formula is C43H52F6N4O9S. The monoisotopic (exact) mass is 914 g/mol. The Kier molecular flexibility index (Phi) is 11.5. The van der Waals surface area contributed by atoms with Gasteiger partial charge in [-0.25, -0.2) is 27.2 Å². The normalized spacial score (nSPS) is 32.7. The largest absolute Gasteiger partial charge is 0.471 e. The van der Waals surface area contributed by atoms with Crippen molar-refractivity contribution in [3.8, 4) is 11.6 Å². The first-order valence-electron chi connectivity index (χ1n) is 21.6. The molecule has 6 aliphatic rings. The van der Waals surface area contributed by atoms with Gasteiger partial charge < -0.3 is 19.1 Å². The van der Waals surface area contributed by atoms with Crippen LogP contribution >= 0.6 is 0 Å². The molecule has 1 N–H and O–H groups in total. The summed E-state index contributed by atoms with van der Waals surface area (Å²) >= 11 is 0. The van der Waals surface area contributed by atoms with Crippen LogP contribution in [0.15, 0.2) is 18.2 Å². The first-order chi connectivity index (χ1) is 29.4. The molecule has 2 aliphatic heterocycles. The molecule has 1 aromatic heterocycles. The standard InChI is InChI=1S/C43H52F6N4O9S/c1-40(2,3)26-17-33(55)62-32-14-21-13-25(21)24(32)7-5-6-10-43(48,49)34-36(51-29-15-22(61-39(46)47)8-9-28(29)50-34)60-23-16-30(53(20-23)37(26)56)31(54)19-42(18-27(42)35(44)45)38(57)52-63(58,59)41(4)11-12-41/h8-9,15,21,23-27,30,32,35,39H,5-7,10-14,16-20H2,1-4H3,(H,52,57)/t21-,23+,24+,25-,26+,27-,30-,32+,42+/m0/s1. The van der Waals surface area contributed by atoms with Gasteiger partial charge in [-0.15, -0.1) is 0 Å². The fourth-order valence-corrected chi connectivity index (χ4v) is 11.4. The summed E-state index contributed by atoms with van der Waals surface area (Å²) in [6.07, 6.45) is -4.75. The van der Waals surface area contributed by atoms with Crippen LogP contribution in [-0.2, 0) is 39.9 Å². The van der Waals surface area contributed by atoms with Crippen LogP contribution in [0.2, 0.25) is 0 Å². The number of Topliss-reactive ketones (excluding diaryl/α,β-unsaturated/α-hetero) is 1. The van der Waals surface area contributed by atoms with E-state index in [4.69, 9.17) is 9.47 Å². The lowest BCUT2D eigenvalue weighted by Gasteiger charge is -2.35. The number of halogens is 6. The van der Waals surface area contributed by atoms with Gasteiger partial charge in [-0.1, -0.05) is 27.2 Å². The van der Waals surface area contributed by atoms with Gasteiger partial charge in [0.1, 0.15) is 18.0 Å². The highest BCUT2D eigenvalue weighted by Crippen LogP contribution is 2.60. The number of carbonyl (C=O) groups excluding carboxylic acids is 4. The lowest BCUT2D eigenvalue weighted by atomic mass is 9.77. The number of ketones is 1. The van der Waals surface area contributed by atoms with E-state index in [1.54, 1.807) is 20.8 Å². The molecule has 346 valence electrons. The fourth-order valence-electron chi connectivity index (χ4n) is 10.1. The predicted molar refractivity (Wildman–Crippen MR) is 211 cm³/mol. The maximum absolute atomic E-state index is 16.4. The van der Waals surface area contributed by atoms with Gasteiger partial charge in [-0.05, 0) is 87.2 Å². The zero-order chi connectivity index (χ0) is 45.6. The number of hydrogen-bond donors (Lipinski definition) is 1. The summed E-state index contributed by atoms with van der Waals surface area (Å²) in [5, 5.41) is 0. The molecule has 4 saturated carbocycles. The zero-order valence-electron chi connectivity index (χ0n) is 35.4. The second-order valence-corrected chi connectivity index (χ2v) is 22.1. The first-order valence-corrected chi connectivity index (χ1v) is 23.1. The van der Waals surface area contributed by atoms with Gasteiger partial charge in [0, 0.05) is 31.2 Å². The van der Waals surface area contributed by atoms with Gasteiger partial charge in [0.15, 0.2) is 11.5 Å². The summed E-state index contributed by atoms with van der Waals surface area (Å²) in [6, 6.07) is 1.87. The minimum Gasteiger partial charge on any atom is -0.471 e. The maximum atomic E-state index is 16.4. The van der Waals surface area contributed by atoms with Gasteiger partial charge in [0.25, 0.3) is 5.92 Å². The van der Waals surface area contributed by atoms with Crippen molar-refractivity contribution in [1.29, 1.82) is 0 Å². The Labute approximate surface area is 360 Å². The van der Waals surface area contributed by atoms with E-state index in [0.29, 0.717) is 25.2 Å². The third kappa shape index (κ3) is 8.94. The quantitative estimate of drug-likeness (QED) is 0.201. The molecule has 9 atom stereocenters. The van der Waals surface area contributed by atoms with Crippen LogP contribution in [0.4, 0.5) is 26.3 Å². The van der Waals surface area contributed by atoms with Crippen molar-refractivity contribution in [2.24, 2.45) is 40.4 Å². The number of alkyl halides is 6. The molecule has 2 bridgehead atoms. The Balaban J connectivity index is 1.16. The fraction of sp³-hybridized carbons (Fsp3) is 0.721. The van der Waals surface area contributed by atoms with E-state index in [2.05, 4.69) is 14.7 Å². The van der Waals surface area contributed by atoms with Crippen LogP contribution in [0.3, 0.4) is 0 Å². The van der Waals surface area contributed by atoms with Crippen molar-refractivity contribution in [1.82, 2.24) is 19.6 Å². The summed E-state index contributed by atoms with van der Waals surface area (Å²) < 4.78 is 131. The number of aromatic nitrogens is 2. The number of sulfonamides is 1. The number of benzene rings is 1. The molecule has 8 rings (SSSR count). The van der Waals surface area contributed by atoms with Crippen molar-refractivity contribution in [3.63, 3.8) is 0 Å². The van der Waals surface area contributed by atoms with Crippen LogP contribution in [-0.4, -0.2) is 89.4 Å². The molecule has 13 nitrogen and oxygen atoms in total. The number of hydrogen-bond acceptors (Lipinski definition) is 11. The molecule has 0 unspecified atom stereocenters. The van der Waals surface area contributed by atoms with Gasteiger partial charge in [0.2, 0.25) is 34.1 Å². The SMILES string of the molecule is CC(C)(C)[C@@H]1CC(=O)O[C@@H]2C[C@@H]3C[C@@H]3[C@H]2CCCCC(F)(F)c2nc3ccc(OC(F)F)cc3nc2O[C@@H]2C[C@@H](C(=O)C[C@]3(C(=O)NS(=O)(=O)C4(C)CC4)C[C@H]3C(F)F)N(C2)C1=O. The minimum absolute atomic E-state index is 0.0474. The highest BCUT2D eigenvalue weighted by Gasteiger charge is 2.67. The third-order valence-corrected chi connectivity index (χ3v) is 16.6. The van der Waals surface area contributed by atoms with Crippen LogP contribution in [0.5, 0.6) is 11.6 Å². The number of rotatable bonds is 9. The summed E-state index contributed by atoms with van der Waals surface area (Å²) in [5.41, 5.74) is -4.15. The average Bonchev–Trinajstić information content (AvgIpc) is 4.14. The highest BCUT2D eigenvalue weighted by molar-refractivity contribution is 7.91. The number of nitrogens with zero attached hydrogens (tertiary/aromatic N) is 3. The van der Waals surface area contributed by atoms with Crippen molar-refractivity contribution in [2.75, 3.05) is 6.54 Å². The minimum atomic E-state index is -4.30. The molecule has 3 heterocycles. The van der Waals surface area contributed by atoms with Crippen molar-refractivity contribution in [3.05, 3.63) is 23.9 Å². The van der Waals surface area contributed by atoms with E-state index >= 15 is 8.78 Å². The Morgan fingerprint density at radius 2 is 1.71 bits per heavy atom. The molecule has 0 spiro atoms. The van der Waals surface area contributed by atoms with Gasteiger partial charge in [-0.2, -0.15) is 17.6 Å². The number of amides is 2. The van der Waals surface area contributed by atoms with E-state index in [1.165, 1.54) is 13.0 Å². The summed E-state index contributed by atoms with van der Waals surface area (Å²) in [7, 11) is -4.30. The van der Waals surface area contributed by atoms with Crippen LogP contribution < -0.4 is 14.2 Å². The Morgan fingerprint density at radius 1 is 0.984 bits per heavy atom. The molecule has 0 radical (unpaired) electrons. The number of ether oxygens (including phenoxy) is 3. The molecule has 20 heteroatoms. The molecule has 1 aromatic carbocycles. The van der Waals surface area contributed by atoms with E-state index < -0.39 is 142 Å². The molecule has 5 fully saturated rings. The number of fused-ring (bicyclic) bond motifs is 7. The smallest absolute Gasteiger partial charge is 0.387 e. The molecule has 4 aliphatic carbocycles. The number of carbonyl (C=O) groups is 4. The summed E-state index contributed by atoms with van der Waals surface area (Å²) in [6.45, 7) is 2.89. The molecular weight excluding hydrogens is 863 g/mol. The van der Waals surface area contributed by atoms with Crippen LogP contribution in [0.25, 0.3) is 11.0 Å². The Morgan fingerprint density at radius 3 is 2.37 bits per heavy atom. The Bertz CT molecular complexity index is 2290. The molecule has 1 saturated heterocycles. The van der Waals surface area contributed by atoms with Crippen molar-refractivity contribution in [2.45, 2.75) is 147 Å². The molecule has 2 amide bonds. The third-order valence-electron chi connectivity index (χ3n) is 14.4. The summed E-state index contributed by atoms with van der Waals surface area (Å²) in [5.74, 6) is -10.4. The second-order valence-electron chi connectivity index (χ2n) is 19.9. The zero-order valence-corrected chi connectivity index (χ0v) is 36.2. The van der Waals surface area contributed by atoms with Crippen molar-refractivity contribution < 1.29 is 68.1 Å². The summed E-state index contributed by atoms with van der Waals surface area (Å²) in [4.78, 5) is 66.3. The number of nitrogens with one attached hydrogen (secondary N) is 1.